The fourth-order valence-electron chi connectivity index (χ4n) is 3.02. The molecule has 1 amide bonds. The standard InChI is InChI=1S/C18H18N2O3/c1-11-6-7-12-4-2-3-5-14(12)16(11)20-17(21)13-8-9-15(18(22)23)19-10-13/h2-5,8-11,16H,6-7H2,1H3,(H,20,21)(H,22,23). The number of pyridine rings is 1. The number of nitrogens with zero attached hydrogens (tertiary/aromatic N) is 1. The van der Waals surface area contributed by atoms with Gasteiger partial charge in [-0.3, -0.25) is 4.79 Å². The van der Waals surface area contributed by atoms with E-state index in [4.69, 9.17) is 5.11 Å². The lowest BCUT2D eigenvalue weighted by molar-refractivity contribution is 0.0689. The highest BCUT2D eigenvalue weighted by atomic mass is 16.4. The molecule has 2 aromatic rings. The van der Waals surface area contributed by atoms with Gasteiger partial charge in [0, 0.05) is 6.20 Å². The number of hydrogen-bond donors (Lipinski definition) is 2. The number of fused-ring (bicyclic) bond motifs is 1. The van der Waals surface area contributed by atoms with E-state index in [0.717, 1.165) is 18.4 Å². The molecule has 0 aliphatic heterocycles. The SMILES string of the molecule is CC1CCc2ccccc2C1NC(=O)c1ccc(C(=O)O)nc1. The second-order valence-corrected chi connectivity index (χ2v) is 5.90. The van der Waals surface area contributed by atoms with E-state index in [1.54, 1.807) is 0 Å². The van der Waals surface area contributed by atoms with Crippen LogP contribution in [-0.2, 0) is 6.42 Å². The number of aromatic carboxylic acids is 1. The van der Waals surface area contributed by atoms with E-state index < -0.39 is 5.97 Å². The summed E-state index contributed by atoms with van der Waals surface area (Å²) < 4.78 is 0. The molecular weight excluding hydrogens is 292 g/mol. The molecule has 0 saturated heterocycles. The Bertz CT molecular complexity index is 740. The molecule has 2 unspecified atom stereocenters. The largest absolute Gasteiger partial charge is 0.477 e. The Hall–Kier alpha value is -2.69. The first kappa shape index (κ1) is 15.2. The normalized spacial score (nSPS) is 19.7. The van der Waals surface area contributed by atoms with Crippen molar-refractivity contribution in [3.8, 4) is 0 Å². The van der Waals surface area contributed by atoms with Crippen molar-refractivity contribution in [1.29, 1.82) is 0 Å². The van der Waals surface area contributed by atoms with Gasteiger partial charge in [0.1, 0.15) is 5.69 Å². The molecule has 2 atom stereocenters. The molecular formula is C18H18N2O3. The molecule has 3 rings (SSSR count). The van der Waals surface area contributed by atoms with Gasteiger partial charge in [-0.2, -0.15) is 0 Å². The van der Waals surface area contributed by atoms with Crippen LogP contribution in [0.1, 0.15) is 51.4 Å². The number of benzene rings is 1. The van der Waals surface area contributed by atoms with E-state index in [-0.39, 0.29) is 17.6 Å². The Morgan fingerprint density at radius 1 is 1.22 bits per heavy atom. The summed E-state index contributed by atoms with van der Waals surface area (Å²) in [6.45, 7) is 2.13. The summed E-state index contributed by atoms with van der Waals surface area (Å²) >= 11 is 0. The van der Waals surface area contributed by atoms with E-state index in [1.807, 2.05) is 12.1 Å². The number of nitrogens with one attached hydrogen (secondary N) is 1. The lowest BCUT2D eigenvalue weighted by Gasteiger charge is -2.32. The summed E-state index contributed by atoms with van der Waals surface area (Å²) in [5, 5.41) is 11.9. The number of hydrogen-bond acceptors (Lipinski definition) is 3. The maximum Gasteiger partial charge on any atom is 0.354 e. The first-order valence-electron chi connectivity index (χ1n) is 7.64. The number of carboxylic acid groups (broad SMARTS) is 1. The number of aromatic nitrogens is 1. The monoisotopic (exact) mass is 310 g/mol. The Kier molecular flexibility index (Phi) is 4.10. The molecule has 118 valence electrons. The summed E-state index contributed by atoms with van der Waals surface area (Å²) in [4.78, 5) is 27.1. The summed E-state index contributed by atoms with van der Waals surface area (Å²) in [5.41, 5.74) is 2.73. The van der Waals surface area contributed by atoms with Crippen molar-refractivity contribution < 1.29 is 14.7 Å². The van der Waals surface area contributed by atoms with Crippen LogP contribution in [0.2, 0.25) is 0 Å². The van der Waals surface area contributed by atoms with Gasteiger partial charge in [-0.25, -0.2) is 9.78 Å². The van der Waals surface area contributed by atoms with Crippen LogP contribution >= 0.6 is 0 Å². The smallest absolute Gasteiger partial charge is 0.354 e. The van der Waals surface area contributed by atoms with Gasteiger partial charge < -0.3 is 10.4 Å². The quantitative estimate of drug-likeness (QED) is 0.913. The maximum absolute atomic E-state index is 12.5. The van der Waals surface area contributed by atoms with Crippen LogP contribution in [0.4, 0.5) is 0 Å². The lowest BCUT2D eigenvalue weighted by Crippen LogP contribution is -2.35. The van der Waals surface area contributed by atoms with Crippen LogP contribution in [0.5, 0.6) is 0 Å². The van der Waals surface area contributed by atoms with Crippen LogP contribution in [0, 0.1) is 5.92 Å². The average Bonchev–Trinajstić information content (AvgIpc) is 2.57. The number of amides is 1. The highest BCUT2D eigenvalue weighted by molar-refractivity contribution is 5.95. The van der Waals surface area contributed by atoms with Gasteiger partial charge in [0.15, 0.2) is 0 Å². The van der Waals surface area contributed by atoms with Crippen LogP contribution in [-0.4, -0.2) is 22.0 Å². The molecule has 0 spiro atoms. The van der Waals surface area contributed by atoms with Crippen molar-refractivity contribution in [1.82, 2.24) is 10.3 Å². The molecule has 1 aromatic carbocycles. The topological polar surface area (TPSA) is 79.3 Å². The second-order valence-electron chi connectivity index (χ2n) is 5.90. The molecule has 23 heavy (non-hydrogen) atoms. The highest BCUT2D eigenvalue weighted by Crippen LogP contribution is 2.34. The first-order valence-corrected chi connectivity index (χ1v) is 7.64. The van der Waals surface area contributed by atoms with E-state index in [2.05, 4.69) is 29.4 Å². The van der Waals surface area contributed by atoms with Gasteiger partial charge in [0.25, 0.3) is 5.91 Å². The first-order chi connectivity index (χ1) is 11.1. The molecule has 1 aliphatic carbocycles. The van der Waals surface area contributed by atoms with Gasteiger partial charge >= 0.3 is 5.97 Å². The lowest BCUT2D eigenvalue weighted by atomic mass is 9.80. The molecule has 0 saturated carbocycles. The number of carbonyl (C=O) groups excluding carboxylic acids is 1. The van der Waals surface area contributed by atoms with Crippen molar-refractivity contribution in [3.63, 3.8) is 0 Å². The average molecular weight is 310 g/mol. The highest BCUT2D eigenvalue weighted by Gasteiger charge is 2.27. The van der Waals surface area contributed by atoms with Crippen LogP contribution < -0.4 is 5.32 Å². The van der Waals surface area contributed by atoms with Gasteiger partial charge in [-0.05, 0) is 42.0 Å². The number of carbonyl (C=O) groups is 2. The maximum atomic E-state index is 12.5. The van der Waals surface area contributed by atoms with Crippen LogP contribution in [0.15, 0.2) is 42.6 Å². The summed E-state index contributed by atoms with van der Waals surface area (Å²) in [5.74, 6) is -0.991. The molecule has 1 heterocycles. The van der Waals surface area contributed by atoms with Gasteiger partial charge in [-0.1, -0.05) is 31.2 Å². The minimum Gasteiger partial charge on any atom is -0.477 e. The van der Waals surface area contributed by atoms with Crippen LogP contribution in [0.3, 0.4) is 0 Å². The minimum atomic E-state index is -1.10. The summed E-state index contributed by atoms with van der Waals surface area (Å²) in [7, 11) is 0. The van der Waals surface area contributed by atoms with E-state index in [9.17, 15) is 9.59 Å². The van der Waals surface area contributed by atoms with Crippen molar-refractivity contribution in [2.24, 2.45) is 5.92 Å². The van der Waals surface area contributed by atoms with Crippen LogP contribution in [0.25, 0.3) is 0 Å². The Labute approximate surface area is 134 Å². The van der Waals surface area contributed by atoms with Crippen molar-refractivity contribution in [2.45, 2.75) is 25.8 Å². The van der Waals surface area contributed by atoms with Gasteiger partial charge in [0.2, 0.25) is 0 Å². The number of carboxylic acids is 1. The third-order valence-electron chi connectivity index (χ3n) is 4.36. The molecule has 1 aliphatic rings. The molecule has 2 N–H and O–H groups in total. The fourth-order valence-corrected chi connectivity index (χ4v) is 3.02. The molecule has 5 heteroatoms. The predicted octanol–water partition coefficient (Wildman–Crippen LogP) is 2.83. The Morgan fingerprint density at radius 2 is 2.00 bits per heavy atom. The van der Waals surface area contributed by atoms with E-state index in [1.165, 1.54) is 23.9 Å². The van der Waals surface area contributed by atoms with Gasteiger partial charge in [-0.15, -0.1) is 0 Å². The summed E-state index contributed by atoms with van der Waals surface area (Å²) in [6.07, 6.45) is 3.36. The van der Waals surface area contributed by atoms with E-state index in [0.29, 0.717) is 11.5 Å². The Morgan fingerprint density at radius 3 is 2.70 bits per heavy atom. The van der Waals surface area contributed by atoms with Crippen molar-refractivity contribution in [3.05, 3.63) is 65.0 Å². The number of aryl methyl sites for hydroxylation is 1. The second kappa shape index (κ2) is 6.20. The minimum absolute atomic E-state index is 0.0356. The zero-order valence-corrected chi connectivity index (χ0v) is 12.8. The molecule has 0 fully saturated rings. The predicted molar refractivity (Wildman–Crippen MR) is 85.3 cm³/mol. The summed E-state index contributed by atoms with van der Waals surface area (Å²) in [6, 6.07) is 11.0. The zero-order chi connectivity index (χ0) is 16.4. The molecule has 0 radical (unpaired) electrons. The van der Waals surface area contributed by atoms with Crippen molar-refractivity contribution >= 4 is 11.9 Å². The van der Waals surface area contributed by atoms with E-state index >= 15 is 0 Å². The molecule has 5 nitrogen and oxygen atoms in total. The zero-order valence-electron chi connectivity index (χ0n) is 12.8. The fraction of sp³-hybridized carbons (Fsp3) is 0.278. The third-order valence-corrected chi connectivity index (χ3v) is 4.36. The molecule has 1 aromatic heterocycles. The third kappa shape index (κ3) is 3.08. The van der Waals surface area contributed by atoms with Crippen molar-refractivity contribution in [2.75, 3.05) is 0 Å². The number of rotatable bonds is 3. The Balaban J connectivity index is 1.81. The van der Waals surface area contributed by atoms with Gasteiger partial charge in [0.05, 0.1) is 11.6 Å². The molecule has 0 bridgehead atoms.